The third-order valence-electron chi connectivity index (χ3n) is 5.94. The number of carbonyl (C=O) groups is 2. The topological polar surface area (TPSA) is 105 Å². The molecule has 0 aliphatic rings. The van der Waals surface area contributed by atoms with E-state index in [9.17, 15) is 14.7 Å². The monoisotopic (exact) mass is 512 g/mol. The van der Waals surface area contributed by atoms with Crippen LogP contribution in [0.3, 0.4) is 0 Å². The van der Waals surface area contributed by atoms with E-state index in [2.05, 4.69) is 22.5 Å². The number of nitrogens with one attached hydrogen (secondary N) is 1. The number of carbonyl (C=O) groups excluding carboxylic acids is 2. The molecule has 192 valence electrons. The number of hydrogen-bond donors (Lipinski definition) is 2. The number of ether oxygens (including phenoxy) is 1. The van der Waals surface area contributed by atoms with Gasteiger partial charge in [-0.15, -0.1) is 10.2 Å². The number of azo groups is 1. The predicted octanol–water partition coefficient (Wildman–Crippen LogP) is 6.80. The lowest BCUT2D eigenvalue weighted by molar-refractivity contribution is -0.118. The molecule has 0 saturated carbocycles. The van der Waals surface area contributed by atoms with Crippen LogP contribution in [0.4, 0.5) is 5.69 Å². The molecule has 2 aromatic carbocycles. The number of aryl methyl sites for hydroxylation is 1. The Hall–Kier alpha value is -3.39. The molecule has 2 N–H and O–H groups in total. The zero-order valence-electron chi connectivity index (χ0n) is 20.8. The first-order valence-electron chi connectivity index (χ1n) is 12.3. The Bertz CT molecular complexity index is 1220. The van der Waals surface area contributed by atoms with Crippen LogP contribution in [-0.2, 0) is 11.3 Å². The van der Waals surface area contributed by atoms with Crippen molar-refractivity contribution in [3.8, 4) is 11.6 Å². The van der Waals surface area contributed by atoms with Gasteiger partial charge in [0, 0.05) is 24.9 Å². The number of methoxy groups -OCH3 is 1. The van der Waals surface area contributed by atoms with E-state index >= 15 is 0 Å². The summed E-state index contributed by atoms with van der Waals surface area (Å²) in [5.74, 6) is 0.0674. The van der Waals surface area contributed by atoms with Gasteiger partial charge < -0.3 is 19.7 Å². The van der Waals surface area contributed by atoms with Gasteiger partial charge in [-0.05, 0) is 49.6 Å². The average molecular weight is 513 g/mol. The van der Waals surface area contributed by atoms with Crippen LogP contribution in [0.2, 0.25) is 5.02 Å². The molecule has 0 unspecified atom stereocenters. The highest BCUT2D eigenvalue weighted by atomic mass is 35.5. The maximum atomic E-state index is 12.3. The Labute approximate surface area is 216 Å². The van der Waals surface area contributed by atoms with Crippen LogP contribution in [0, 0.1) is 0 Å². The first kappa shape index (κ1) is 27.2. The molecule has 0 aliphatic heterocycles. The van der Waals surface area contributed by atoms with Gasteiger partial charge in [-0.2, -0.15) is 0 Å². The molecule has 8 nitrogen and oxygen atoms in total. The highest BCUT2D eigenvalue weighted by Crippen LogP contribution is 2.40. The molecule has 1 heterocycles. The van der Waals surface area contributed by atoms with E-state index in [4.69, 9.17) is 16.3 Å². The summed E-state index contributed by atoms with van der Waals surface area (Å²) in [6.45, 7) is 3.27. The summed E-state index contributed by atoms with van der Waals surface area (Å²) in [6.07, 6.45) is 5.39. The Balaban J connectivity index is 1.53. The van der Waals surface area contributed by atoms with Crippen LogP contribution < -0.4 is 10.1 Å². The molecule has 3 aromatic rings. The van der Waals surface area contributed by atoms with E-state index < -0.39 is 0 Å². The molecule has 1 aromatic heterocycles. The van der Waals surface area contributed by atoms with Gasteiger partial charge in [-0.3, -0.25) is 9.59 Å². The highest BCUT2D eigenvalue weighted by Gasteiger charge is 2.18. The van der Waals surface area contributed by atoms with E-state index in [1.807, 2.05) is 12.1 Å². The molecular weight excluding hydrogens is 480 g/mol. The molecule has 0 atom stereocenters. The number of fused-ring (bicyclic) bond motifs is 1. The Morgan fingerprint density at radius 1 is 1.08 bits per heavy atom. The lowest BCUT2D eigenvalue weighted by atomic mass is 10.1. The second-order valence-corrected chi connectivity index (χ2v) is 8.96. The van der Waals surface area contributed by atoms with Crippen molar-refractivity contribution in [1.29, 1.82) is 0 Å². The molecular formula is C27H33ClN4O4. The van der Waals surface area contributed by atoms with Gasteiger partial charge in [0.25, 0.3) is 11.8 Å². The van der Waals surface area contributed by atoms with Gasteiger partial charge in [-0.1, -0.05) is 49.9 Å². The van der Waals surface area contributed by atoms with E-state index in [0.717, 1.165) is 37.6 Å². The summed E-state index contributed by atoms with van der Waals surface area (Å²) in [4.78, 5) is 24.5. The number of aromatic nitrogens is 1. The summed E-state index contributed by atoms with van der Waals surface area (Å²) < 4.78 is 7.12. The number of aromatic hydroxyl groups is 1. The summed E-state index contributed by atoms with van der Waals surface area (Å²) in [5, 5.41) is 22.7. The fraction of sp³-hybridized carbons (Fsp3) is 0.407. The van der Waals surface area contributed by atoms with Crippen LogP contribution in [0.25, 0.3) is 10.9 Å². The maximum absolute atomic E-state index is 12.3. The molecule has 2 amide bonds. The number of amides is 2. The fourth-order valence-corrected chi connectivity index (χ4v) is 4.17. The molecule has 0 spiro atoms. The van der Waals surface area contributed by atoms with Crippen LogP contribution in [0.1, 0.15) is 62.2 Å². The minimum absolute atomic E-state index is 0.000155. The lowest BCUT2D eigenvalue weighted by Crippen LogP contribution is -2.24. The van der Waals surface area contributed by atoms with E-state index in [1.165, 1.54) is 0 Å². The first-order valence-corrected chi connectivity index (χ1v) is 12.7. The molecule has 0 saturated heterocycles. The molecule has 36 heavy (non-hydrogen) atoms. The number of halogens is 1. The summed E-state index contributed by atoms with van der Waals surface area (Å²) in [7, 11) is 1.58. The zero-order valence-corrected chi connectivity index (χ0v) is 21.6. The standard InChI is InChI=1S/C27H33ClN4O4/c1-3-4-10-17-32-23-15-14-19(36-2)18-21(23)25(27(32)35)31-30-24(33)13-6-5-9-16-29-26(34)20-11-7-8-12-22(20)28/h7-8,11-12,14-15,18,35H,3-6,9-10,13,16-17H2,1-2H3,(H,29,34). The van der Waals surface area contributed by atoms with E-state index in [-0.39, 0.29) is 29.8 Å². The number of benzene rings is 2. The normalized spacial score (nSPS) is 11.3. The van der Waals surface area contributed by atoms with Crippen LogP contribution >= 0.6 is 11.6 Å². The SMILES string of the molecule is CCCCCn1c(O)c(N=NC(=O)CCCCCNC(=O)c2ccccc2Cl)c2cc(OC)ccc21. The summed E-state index contributed by atoms with van der Waals surface area (Å²) in [6, 6.07) is 12.4. The second-order valence-electron chi connectivity index (χ2n) is 8.55. The maximum Gasteiger partial charge on any atom is 0.264 e. The van der Waals surface area contributed by atoms with Crippen molar-refractivity contribution in [2.45, 2.75) is 58.4 Å². The lowest BCUT2D eigenvalue weighted by Gasteiger charge is -2.06. The fourth-order valence-electron chi connectivity index (χ4n) is 3.95. The third-order valence-corrected chi connectivity index (χ3v) is 6.26. The van der Waals surface area contributed by atoms with E-state index in [0.29, 0.717) is 41.2 Å². The predicted molar refractivity (Wildman–Crippen MR) is 141 cm³/mol. The first-order chi connectivity index (χ1) is 17.5. The highest BCUT2D eigenvalue weighted by molar-refractivity contribution is 6.33. The van der Waals surface area contributed by atoms with Crippen molar-refractivity contribution in [3.05, 3.63) is 53.1 Å². The second kappa shape index (κ2) is 13.6. The van der Waals surface area contributed by atoms with Gasteiger partial charge in [0.2, 0.25) is 5.88 Å². The van der Waals surface area contributed by atoms with Crippen molar-refractivity contribution in [3.63, 3.8) is 0 Å². The van der Waals surface area contributed by atoms with E-state index in [1.54, 1.807) is 42.0 Å². The van der Waals surface area contributed by atoms with Crippen molar-refractivity contribution < 1.29 is 19.4 Å². The molecule has 0 radical (unpaired) electrons. The quantitative estimate of drug-likeness (QED) is 0.194. The van der Waals surface area contributed by atoms with Gasteiger partial charge in [0.15, 0.2) is 5.69 Å². The van der Waals surface area contributed by atoms with Gasteiger partial charge in [0.05, 0.1) is 23.2 Å². The Morgan fingerprint density at radius 3 is 2.64 bits per heavy atom. The molecule has 0 aliphatic carbocycles. The van der Waals surface area contributed by atoms with Crippen molar-refractivity contribution in [2.75, 3.05) is 13.7 Å². The Kier molecular flexibility index (Phi) is 10.3. The van der Waals surface area contributed by atoms with Gasteiger partial charge in [0.1, 0.15) is 5.75 Å². The number of hydrogen-bond acceptors (Lipinski definition) is 5. The average Bonchev–Trinajstić information content (AvgIpc) is 3.14. The minimum Gasteiger partial charge on any atom is -0.497 e. The molecule has 0 fully saturated rings. The molecule has 0 bridgehead atoms. The largest absolute Gasteiger partial charge is 0.497 e. The zero-order chi connectivity index (χ0) is 25.9. The van der Waals surface area contributed by atoms with Crippen molar-refractivity contribution in [2.24, 2.45) is 10.2 Å². The van der Waals surface area contributed by atoms with Gasteiger partial charge in [-0.25, -0.2) is 0 Å². The minimum atomic E-state index is -0.357. The van der Waals surface area contributed by atoms with Crippen molar-refractivity contribution >= 4 is 40.0 Å². The number of unbranched alkanes of at least 4 members (excludes halogenated alkanes) is 4. The summed E-state index contributed by atoms with van der Waals surface area (Å²) in [5.41, 5.74) is 1.54. The van der Waals surface area contributed by atoms with Crippen LogP contribution in [0.5, 0.6) is 11.6 Å². The third kappa shape index (κ3) is 7.07. The van der Waals surface area contributed by atoms with Crippen molar-refractivity contribution in [1.82, 2.24) is 9.88 Å². The smallest absolute Gasteiger partial charge is 0.264 e. The molecule has 9 heteroatoms. The molecule has 3 rings (SSSR count). The van der Waals surface area contributed by atoms with Crippen LogP contribution in [0.15, 0.2) is 52.7 Å². The number of nitrogens with zero attached hydrogens (tertiary/aromatic N) is 3. The summed E-state index contributed by atoms with van der Waals surface area (Å²) >= 11 is 6.04. The van der Waals surface area contributed by atoms with Gasteiger partial charge >= 0.3 is 0 Å². The van der Waals surface area contributed by atoms with Crippen LogP contribution in [-0.4, -0.2) is 35.1 Å². The Morgan fingerprint density at radius 2 is 1.89 bits per heavy atom. The number of rotatable bonds is 13.